The lowest BCUT2D eigenvalue weighted by Gasteiger charge is -2.14. The van der Waals surface area contributed by atoms with E-state index in [1.807, 2.05) is 0 Å². The van der Waals surface area contributed by atoms with Crippen LogP contribution in [0.15, 0.2) is 59.4 Å². The number of carbonyl (C=O) groups excluding carboxylic acids is 1. The number of furan rings is 1. The molecule has 0 atom stereocenters. The lowest BCUT2D eigenvalue weighted by atomic mass is 10.1. The van der Waals surface area contributed by atoms with Gasteiger partial charge in [0.05, 0.1) is 23.0 Å². The van der Waals surface area contributed by atoms with Gasteiger partial charge in [-0.2, -0.15) is 13.2 Å². The van der Waals surface area contributed by atoms with Crippen molar-refractivity contribution < 1.29 is 22.4 Å². The fraction of sp³-hybridized carbons (Fsp3) is 0.150. The van der Waals surface area contributed by atoms with E-state index in [9.17, 15) is 18.0 Å². The zero-order valence-electron chi connectivity index (χ0n) is 15.3. The first-order valence-electron chi connectivity index (χ1n) is 8.54. The topological polar surface area (TPSA) is 91.0 Å². The van der Waals surface area contributed by atoms with Crippen LogP contribution in [-0.2, 0) is 12.7 Å². The van der Waals surface area contributed by atoms with Crippen LogP contribution in [-0.4, -0.2) is 16.7 Å². The van der Waals surface area contributed by atoms with Crippen LogP contribution in [0, 0.1) is 12.3 Å². The van der Waals surface area contributed by atoms with Gasteiger partial charge in [-0.15, -0.1) is 0 Å². The number of halogens is 3. The molecule has 0 saturated carbocycles. The number of alkyl halides is 3. The SMILES string of the molecule is Cc1ccc(C(=N)NC(=O)c2ccoc2)c(NCc2ccc(C(F)(F)F)cc2)n1. The molecule has 0 spiro atoms. The molecule has 0 unspecified atom stereocenters. The van der Waals surface area contributed by atoms with Crippen LogP contribution in [0.4, 0.5) is 19.0 Å². The average Bonchev–Trinajstić information content (AvgIpc) is 3.21. The number of pyridine rings is 1. The van der Waals surface area contributed by atoms with Gasteiger partial charge in [0.25, 0.3) is 5.91 Å². The summed E-state index contributed by atoms with van der Waals surface area (Å²) in [5.41, 5.74) is 1.19. The molecule has 1 aromatic carbocycles. The molecule has 0 aliphatic heterocycles. The molecule has 6 nitrogen and oxygen atoms in total. The van der Waals surface area contributed by atoms with Gasteiger partial charge >= 0.3 is 6.18 Å². The van der Waals surface area contributed by atoms with Crippen LogP contribution in [0.1, 0.15) is 32.7 Å². The fourth-order valence-corrected chi connectivity index (χ4v) is 2.54. The molecule has 3 aromatic rings. The predicted molar refractivity (Wildman–Crippen MR) is 101 cm³/mol. The van der Waals surface area contributed by atoms with Gasteiger partial charge in [-0.3, -0.25) is 10.2 Å². The Morgan fingerprint density at radius 1 is 1.14 bits per heavy atom. The number of nitrogens with zero attached hydrogens (tertiary/aromatic N) is 1. The van der Waals surface area contributed by atoms with Gasteiger partial charge in [0.1, 0.15) is 17.9 Å². The molecule has 0 aliphatic carbocycles. The molecule has 0 fully saturated rings. The van der Waals surface area contributed by atoms with E-state index in [4.69, 9.17) is 9.83 Å². The third kappa shape index (κ3) is 5.01. The Balaban J connectivity index is 1.73. The van der Waals surface area contributed by atoms with Crippen molar-refractivity contribution in [3.63, 3.8) is 0 Å². The summed E-state index contributed by atoms with van der Waals surface area (Å²) in [6, 6.07) is 9.56. The van der Waals surface area contributed by atoms with Crippen molar-refractivity contribution in [2.75, 3.05) is 5.32 Å². The van der Waals surface area contributed by atoms with Crippen LogP contribution >= 0.6 is 0 Å². The van der Waals surface area contributed by atoms with Crippen molar-refractivity contribution in [3.8, 4) is 0 Å². The first-order valence-corrected chi connectivity index (χ1v) is 8.54. The number of aromatic nitrogens is 1. The number of amidine groups is 1. The predicted octanol–water partition coefficient (Wildman–Crippen LogP) is 4.37. The van der Waals surface area contributed by atoms with Gasteiger partial charge < -0.3 is 15.1 Å². The summed E-state index contributed by atoms with van der Waals surface area (Å²) in [7, 11) is 0. The Morgan fingerprint density at radius 2 is 1.86 bits per heavy atom. The van der Waals surface area contributed by atoms with E-state index >= 15 is 0 Å². The molecule has 0 aliphatic rings. The van der Waals surface area contributed by atoms with Gasteiger partial charge in [-0.05, 0) is 42.8 Å². The molecule has 2 aromatic heterocycles. The van der Waals surface area contributed by atoms with Gasteiger partial charge in [-0.1, -0.05) is 12.1 Å². The van der Waals surface area contributed by atoms with E-state index < -0.39 is 17.6 Å². The Bertz CT molecular complexity index is 1010. The second-order valence-corrected chi connectivity index (χ2v) is 6.24. The molecule has 0 saturated heterocycles. The number of aryl methyl sites for hydroxylation is 1. The summed E-state index contributed by atoms with van der Waals surface area (Å²) >= 11 is 0. The number of rotatable bonds is 5. The largest absolute Gasteiger partial charge is 0.472 e. The van der Waals surface area contributed by atoms with Gasteiger partial charge in [0.15, 0.2) is 0 Å². The minimum absolute atomic E-state index is 0.168. The van der Waals surface area contributed by atoms with Crippen molar-refractivity contribution in [1.82, 2.24) is 10.3 Å². The zero-order valence-corrected chi connectivity index (χ0v) is 15.3. The van der Waals surface area contributed by atoms with Crippen molar-refractivity contribution in [3.05, 3.63) is 82.9 Å². The number of amides is 1. The maximum absolute atomic E-state index is 12.7. The van der Waals surface area contributed by atoms with Crippen molar-refractivity contribution >= 4 is 17.6 Å². The summed E-state index contributed by atoms with van der Waals surface area (Å²) in [6.07, 6.45) is -1.78. The molecule has 0 radical (unpaired) electrons. The smallest absolute Gasteiger partial charge is 0.416 e. The van der Waals surface area contributed by atoms with E-state index in [1.165, 1.54) is 30.7 Å². The summed E-state index contributed by atoms with van der Waals surface area (Å²) in [6.45, 7) is 1.96. The molecular weight excluding hydrogens is 385 g/mol. The summed E-state index contributed by atoms with van der Waals surface area (Å²) in [4.78, 5) is 16.4. The molecule has 2 heterocycles. The number of nitrogens with one attached hydrogen (secondary N) is 3. The first kappa shape index (κ1) is 20.1. The van der Waals surface area contributed by atoms with Crippen molar-refractivity contribution in [1.29, 1.82) is 5.41 Å². The Kier molecular flexibility index (Phi) is 5.67. The number of anilines is 1. The Morgan fingerprint density at radius 3 is 2.48 bits per heavy atom. The quantitative estimate of drug-likeness (QED) is 0.437. The molecular formula is C20H17F3N4O2. The summed E-state index contributed by atoms with van der Waals surface area (Å²) < 4.78 is 42.9. The minimum Gasteiger partial charge on any atom is -0.472 e. The summed E-state index contributed by atoms with van der Waals surface area (Å²) in [5.74, 6) is -0.334. The zero-order chi connectivity index (χ0) is 21.0. The molecule has 150 valence electrons. The second-order valence-electron chi connectivity index (χ2n) is 6.24. The van der Waals surface area contributed by atoms with E-state index in [1.54, 1.807) is 19.1 Å². The van der Waals surface area contributed by atoms with E-state index in [0.717, 1.165) is 12.1 Å². The third-order valence-corrected chi connectivity index (χ3v) is 4.07. The highest BCUT2D eigenvalue weighted by molar-refractivity contribution is 6.13. The fourth-order valence-electron chi connectivity index (χ4n) is 2.54. The lowest BCUT2D eigenvalue weighted by molar-refractivity contribution is -0.137. The molecule has 9 heteroatoms. The second kappa shape index (κ2) is 8.17. The average molecular weight is 402 g/mol. The highest BCUT2D eigenvalue weighted by Gasteiger charge is 2.29. The highest BCUT2D eigenvalue weighted by atomic mass is 19.4. The maximum Gasteiger partial charge on any atom is 0.416 e. The molecule has 29 heavy (non-hydrogen) atoms. The van der Waals surface area contributed by atoms with E-state index in [-0.39, 0.29) is 17.9 Å². The van der Waals surface area contributed by atoms with Gasteiger partial charge in [0.2, 0.25) is 0 Å². The van der Waals surface area contributed by atoms with Crippen LogP contribution in [0.25, 0.3) is 0 Å². The van der Waals surface area contributed by atoms with Crippen LogP contribution < -0.4 is 10.6 Å². The minimum atomic E-state index is -4.39. The lowest BCUT2D eigenvalue weighted by Crippen LogP contribution is -2.31. The number of benzene rings is 1. The molecule has 1 amide bonds. The monoisotopic (exact) mass is 402 g/mol. The van der Waals surface area contributed by atoms with E-state index in [2.05, 4.69) is 15.6 Å². The van der Waals surface area contributed by atoms with Crippen molar-refractivity contribution in [2.24, 2.45) is 0 Å². The normalized spacial score (nSPS) is 11.2. The maximum atomic E-state index is 12.7. The Labute approximate surface area is 164 Å². The van der Waals surface area contributed by atoms with Gasteiger partial charge in [0, 0.05) is 12.2 Å². The number of hydrogen-bond donors (Lipinski definition) is 3. The molecule has 0 bridgehead atoms. The number of carbonyl (C=O) groups is 1. The molecule has 3 rings (SSSR count). The Hall–Kier alpha value is -3.62. The van der Waals surface area contributed by atoms with E-state index in [0.29, 0.717) is 22.6 Å². The molecule has 3 N–H and O–H groups in total. The first-order chi connectivity index (χ1) is 13.7. The van der Waals surface area contributed by atoms with Gasteiger partial charge in [-0.25, -0.2) is 4.98 Å². The van der Waals surface area contributed by atoms with Crippen LogP contribution in [0.5, 0.6) is 0 Å². The van der Waals surface area contributed by atoms with Crippen LogP contribution in [0.2, 0.25) is 0 Å². The van der Waals surface area contributed by atoms with Crippen molar-refractivity contribution in [2.45, 2.75) is 19.6 Å². The summed E-state index contributed by atoms with van der Waals surface area (Å²) in [5, 5.41) is 13.7. The standard InChI is InChI=1S/C20H17F3N4O2/c1-12-2-7-16(17(24)27-19(28)14-8-9-29-11-14)18(26-12)25-10-13-3-5-15(6-4-13)20(21,22)23/h2-9,11H,10H2,1H3,(H,25,26)(H2,24,27,28). The van der Waals surface area contributed by atoms with Crippen LogP contribution in [0.3, 0.4) is 0 Å². The third-order valence-electron chi connectivity index (χ3n) is 4.07. The highest BCUT2D eigenvalue weighted by Crippen LogP contribution is 2.29. The number of hydrogen-bond acceptors (Lipinski definition) is 5.